The van der Waals surface area contributed by atoms with Gasteiger partial charge in [0.25, 0.3) is 0 Å². The van der Waals surface area contributed by atoms with Crippen LogP contribution in [0.15, 0.2) is 24.3 Å². The number of fused-ring (bicyclic) bond motifs is 5. The summed E-state index contributed by atoms with van der Waals surface area (Å²) in [4.78, 5) is 26.2. The Hall–Kier alpha value is -3.66. The molecule has 2 aromatic rings. The van der Waals surface area contributed by atoms with Gasteiger partial charge in [-0.2, -0.15) is 0 Å². The van der Waals surface area contributed by atoms with Gasteiger partial charge in [-0.1, -0.05) is 0 Å². The first-order valence-electron chi connectivity index (χ1n) is 10.4. The Morgan fingerprint density at radius 3 is 2.00 bits per heavy atom. The van der Waals surface area contributed by atoms with Crippen molar-refractivity contribution in [3.63, 3.8) is 0 Å². The molecule has 2 bridgehead atoms. The number of hydrogen-bond acceptors (Lipinski definition) is 10. The Morgan fingerprint density at radius 1 is 0.824 bits per heavy atom. The molecule has 0 aliphatic carbocycles. The van der Waals surface area contributed by atoms with Gasteiger partial charge in [-0.05, 0) is 41.0 Å². The third kappa shape index (κ3) is 3.05. The van der Waals surface area contributed by atoms with Crippen LogP contribution in [0.1, 0.15) is 22.8 Å². The normalized spacial score (nSPS) is 24.2. The van der Waals surface area contributed by atoms with E-state index in [0.29, 0.717) is 39.7 Å². The van der Waals surface area contributed by atoms with Gasteiger partial charge in [-0.25, -0.2) is 0 Å². The van der Waals surface area contributed by atoms with E-state index in [2.05, 4.69) is 0 Å². The minimum absolute atomic E-state index is 0.269. The zero-order chi connectivity index (χ0) is 24.8. The molecule has 4 rings (SSSR count). The van der Waals surface area contributed by atoms with Crippen molar-refractivity contribution in [1.82, 2.24) is 0 Å². The molecule has 2 N–H and O–H groups in total. The van der Waals surface area contributed by atoms with Crippen LogP contribution in [0.3, 0.4) is 0 Å². The minimum Gasteiger partial charge on any atom is -0.493 e. The minimum atomic E-state index is -1.45. The van der Waals surface area contributed by atoms with Crippen molar-refractivity contribution >= 4 is 17.6 Å². The first-order valence-corrected chi connectivity index (χ1v) is 10.4. The van der Waals surface area contributed by atoms with Gasteiger partial charge in [0.05, 0.1) is 54.5 Å². The lowest BCUT2D eigenvalue weighted by Crippen LogP contribution is -2.45. The van der Waals surface area contributed by atoms with Crippen LogP contribution in [-0.2, 0) is 29.4 Å². The van der Waals surface area contributed by atoms with E-state index in [1.54, 1.807) is 24.3 Å². The van der Waals surface area contributed by atoms with Gasteiger partial charge >= 0.3 is 11.9 Å². The summed E-state index contributed by atoms with van der Waals surface area (Å²) in [5.74, 6) is -1.72. The van der Waals surface area contributed by atoms with Crippen molar-refractivity contribution in [3.8, 4) is 23.0 Å². The van der Waals surface area contributed by atoms with E-state index < -0.39 is 35.5 Å². The van der Waals surface area contributed by atoms with Gasteiger partial charge in [0.1, 0.15) is 17.4 Å². The topological polar surface area (TPSA) is 125 Å². The number of nitrogen functional groups attached to an aromatic ring is 1. The van der Waals surface area contributed by atoms with E-state index in [-0.39, 0.29) is 5.69 Å². The fourth-order valence-electron chi connectivity index (χ4n) is 5.16. The van der Waals surface area contributed by atoms with Crippen LogP contribution in [-0.4, -0.2) is 54.6 Å². The highest BCUT2D eigenvalue weighted by molar-refractivity contribution is 5.88. The predicted octanol–water partition coefficient (Wildman–Crippen LogP) is 2.21. The zero-order valence-corrected chi connectivity index (χ0v) is 19.8. The molecule has 2 aliphatic heterocycles. The molecule has 0 radical (unpaired) electrons. The van der Waals surface area contributed by atoms with Gasteiger partial charge in [0.15, 0.2) is 23.0 Å². The number of carbonyl (C=O) groups is 2. The number of benzene rings is 2. The predicted molar refractivity (Wildman–Crippen MR) is 119 cm³/mol. The van der Waals surface area contributed by atoms with Crippen LogP contribution in [0.25, 0.3) is 0 Å². The highest BCUT2D eigenvalue weighted by Gasteiger charge is 2.69. The molecule has 0 saturated carbocycles. The average molecular weight is 473 g/mol. The quantitative estimate of drug-likeness (QED) is 0.473. The van der Waals surface area contributed by atoms with Gasteiger partial charge < -0.3 is 38.9 Å². The molecule has 0 aromatic heterocycles. The third-order valence-corrected chi connectivity index (χ3v) is 6.56. The second-order valence-electron chi connectivity index (χ2n) is 7.92. The van der Waals surface area contributed by atoms with Crippen LogP contribution in [0, 0.1) is 11.8 Å². The second kappa shape index (κ2) is 8.60. The lowest BCUT2D eigenvalue weighted by atomic mass is 9.65. The molecular weight excluding hydrogens is 446 g/mol. The van der Waals surface area contributed by atoms with E-state index >= 15 is 0 Å². The maximum atomic E-state index is 13.2. The van der Waals surface area contributed by atoms with Crippen LogP contribution in [0.4, 0.5) is 5.69 Å². The number of methoxy groups -OCH3 is 6. The van der Waals surface area contributed by atoms with E-state index in [1.165, 1.54) is 42.7 Å². The molecule has 0 spiro atoms. The molecule has 1 saturated heterocycles. The van der Waals surface area contributed by atoms with Gasteiger partial charge in [0.2, 0.25) is 0 Å². The second-order valence-corrected chi connectivity index (χ2v) is 7.92. The zero-order valence-electron chi connectivity index (χ0n) is 19.8. The maximum absolute atomic E-state index is 13.2. The van der Waals surface area contributed by atoms with Crippen molar-refractivity contribution in [3.05, 3.63) is 41.0 Å². The van der Waals surface area contributed by atoms with Crippen LogP contribution in [0.5, 0.6) is 23.0 Å². The molecule has 0 amide bonds. The number of hydrogen-bond donors (Lipinski definition) is 1. The van der Waals surface area contributed by atoms with Crippen LogP contribution < -0.4 is 24.7 Å². The van der Waals surface area contributed by atoms with Crippen LogP contribution >= 0.6 is 0 Å². The maximum Gasteiger partial charge on any atom is 0.313 e. The smallest absolute Gasteiger partial charge is 0.313 e. The van der Waals surface area contributed by atoms with Crippen molar-refractivity contribution in [1.29, 1.82) is 0 Å². The fraction of sp³-hybridized carbons (Fsp3) is 0.417. The summed E-state index contributed by atoms with van der Waals surface area (Å²) in [5.41, 5.74) is 6.89. The number of anilines is 1. The Balaban J connectivity index is 2.09. The molecule has 10 nitrogen and oxygen atoms in total. The molecule has 10 heteroatoms. The Kier molecular flexibility index (Phi) is 5.94. The van der Waals surface area contributed by atoms with Crippen molar-refractivity contribution in [2.75, 3.05) is 48.4 Å². The lowest BCUT2D eigenvalue weighted by molar-refractivity contribution is -0.158. The molecule has 182 valence electrons. The summed E-state index contributed by atoms with van der Waals surface area (Å²) in [6, 6.07) is 6.80. The van der Waals surface area contributed by atoms with E-state index in [9.17, 15) is 9.59 Å². The summed E-state index contributed by atoms with van der Waals surface area (Å²) in [6.45, 7) is 0. The first-order chi connectivity index (χ1) is 16.3. The first kappa shape index (κ1) is 23.5. The van der Waals surface area contributed by atoms with Crippen molar-refractivity contribution in [2.24, 2.45) is 11.8 Å². The summed E-state index contributed by atoms with van der Waals surface area (Å²) in [5, 5.41) is 0. The fourth-order valence-corrected chi connectivity index (χ4v) is 5.16. The standard InChI is InChI=1S/C24H27NO9/c1-28-15-9-12-13(10-16(15)29-2)24(11-7-14(25)21(31-4)17(8-11)30-3)19(23(27)33-6)18(20(12)34-24)22(26)32-5/h7-10,18-20H,25H2,1-6H3/t18?,19?,20-,24+/m1/s1. The highest BCUT2D eigenvalue weighted by atomic mass is 16.6. The van der Waals surface area contributed by atoms with Crippen LogP contribution in [0.2, 0.25) is 0 Å². The van der Waals surface area contributed by atoms with Crippen molar-refractivity contribution < 1.29 is 42.7 Å². The van der Waals surface area contributed by atoms with Gasteiger partial charge in [-0.3, -0.25) is 9.59 Å². The number of carbonyl (C=O) groups excluding carboxylic acids is 2. The molecule has 2 unspecified atom stereocenters. The number of esters is 2. The summed E-state index contributed by atoms with van der Waals surface area (Å²) in [6.07, 6.45) is -0.805. The third-order valence-electron chi connectivity index (χ3n) is 6.56. The SMILES string of the molecule is COC(=O)C1C(C(=O)OC)[C@@]2(c3cc(N)c(OC)c(OC)c3)O[C@@H]1c1cc(OC)c(OC)cc12. The molecule has 34 heavy (non-hydrogen) atoms. The lowest BCUT2D eigenvalue weighted by Gasteiger charge is -2.36. The molecule has 2 aliphatic rings. The van der Waals surface area contributed by atoms with Gasteiger partial charge in [-0.15, -0.1) is 0 Å². The molecule has 2 heterocycles. The Morgan fingerprint density at radius 2 is 1.44 bits per heavy atom. The summed E-state index contributed by atoms with van der Waals surface area (Å²) in [7, 11) is 8.49. The monoisotopic (exact) mass is 473 g/mol. The number of ether oxygens (including phenoxy) is 7. The summed E-state index contributed by atoms with van der Waals surface area (Å²) >= 11 is 0. The highest BCUT2D eigenvalue weighted by Crippen LogP contribution is 2.66. The molecule has 2 aromatic carbocycles. The van der Waals surface area contributed by atoms with E-state index in [1.807, 2.05) is 0 Å². The van der Waals surface area contributed by atoms with Gasteiger partial charge in [0, 0.05) is 0 Å². The van der Waals surface area contributed by atoms with E-state index in [0.717, 1.165) is 0 Å². The molecular formula is C24H27NO9. The molecule has 1 fully saturated rings. The van der Waals surface area contributed by atoms with Crippen molar-refractivity contribution in [2.45, 2.75) is 11.7 Å². The van der Waals surface area contributed by atoms with E-state index in [4.69, 9.17) is 38.9 Å². The summed E-state index contributed by atoms with van der Waals surface area (Å²) < 4.78 is 38.6. The average Bonchev–Trinajstić information content (AvgIpc) is 3.38. The Bertz CT molecular complexity index is 1150. The molecule has 4 atom stereocenters. The largest absolute Gasteiger partial charge is 0.493 e. The number of rotatable bonds is 7. The Labute approximate surface area is 196 Å². The number of nitrogens with two attached hydrogens (primary N) is 1.